The number of fused-ring (bicyclic) bond motifs is 6. The molecule has 3 aromatic heterocycles. The number of para-hydroxylation sites is 2. The van der Waals surface area contributed by atoms with Crippen molar-refractivity contribution in [3.8, 4) is 39.6 Å². The highest BCUT2D eigenvalue weighted by Gasteiger charge is 2.15. The first-order valence-corrected chi connectivity index (χ1v) is 15.6. The highest BCUT2D eigenvalue weighted by Crippen LogP contribution is 2.39. The Morgan fingerprint density at radius 2 is 1.02 bits per heavy atom. The van der Waals surface area contributed by atoms with Crippen molar-refractivity contribution in [3.63, 3.8) is 0 Å². The van der Waals surface area contributed by atoms with Crippen LogP contribution in [0, 0.1) is 0 Å². The van der Waals surface area contributed by atoms with Crippen LogP contribution in [-0.2, 0) is 0 Å². The fourth-order valence-electron chi connectivity index (χ4n) is 6.33. The number of hydrogen-bond acceptors (Lipinski definition) is 3. The van der Waals surface area contributed by atoms with Gasteiger partial charge in [-0.2, -0.15) is 0 Å². The first-order valence-electron chi connectivity index (χ1n) is 14.8. The minimum Gasteiger partial charge on any atom is -0.309 e. The van der Waals surface area contributed by atoms with Crippen LogP contribution in [0.2, 0.25) is 0 Å². The molecule has 44 heavy (non-hydrogen) atoms. The molecule has 0 radical (unpaired) electrons. The summed E-state index contributed by atoms with van der Waals surface area (Å²) >= 11 is 1.84. The lowest BCUT2D eigenvalue weighted by Crippen LogP contribution is -1.95. The van der Waals surface area contributed by atoms with Crippen LogP contribution in [0.5, 0.6) is 0 Å². The molecule has 9 rings (SSSR count). The second-order valence-electron chi connectivity index (χ2n) is 11.1. The fourth-order valence-corrected chi connectivity index (χ4v) is 7.45. The zero-order valence-electron chi connectivity index (χ0n) is 23.7. The van der Waals surface area contributed by atoms with E-state index in [1.807, 2.05) is 35.6 Å². The molecule has 0 bridgehead atoms. The third-order valence-corrected chi connectivity index (χ3v) is 9.55. The molecule has 0 saturated heterocycles. The Kier molecular flexibility index (Phi) is 5.68. The van der Waals surface area contributed by atoms with Crippen molar-refractivity contribution in [2.45, 2.75) is 0 Å². The zero-order chi connectivity index (χ0) is 29.0. The molecule has 0 saturated carbocycles. The van der Waals surface area contributed by atoms with Gasteiger partial charge in [-0.25, -0.2) is 9.97 Å². The van der Waals surface area contributed by atoms with Crippen molar-refractivity contribution < 1.29 is 0 Å². The van der Waals surface area contributed by atoms with Gasteiger partial charge in [-0.15, -0.1) is 11.3 Å². The van der Waals surface area contributed by atoms with Crippen LogP contribution < -0.4 is 0 Å². The van der Waals surface area contributed by atoms with Crippen molar-refractivity contribution in [1.82, 2.24) is 14.5 Å². The molecule has 3 nitrogen and oxygen atoms in total. The summed E-state index contributed by atoms with van der Waals surface area (Å²) in [4.78, 5) is 10.0. The van der Waals surface area contributed by atoms with Gasteiger partial charge in [0.05, 0.1) is 22.4 Å². The Balaban J connectivity index is 1.20. The van der Waals surface area contributed by atoms with Gasteiger partial charge < -0.3 is 4.57 Å². The Bertz CT molecular complexity index is 2380. The lowest BCUT2D eigenvalue weighted by molar-refractivity contribution is 1.18. The van der Waals surface area contributed by atoms with Gasteiger partial charge in [0.2, 0.25) is 0 Å². The van der Waals surface area contributed by atoms with Crippen LogP contribution in [0.4, 0.5) is 0 Å². The third kappa shape index (κ3) is 4.03. The predicted molar refractivity (Wildman–Crippen MR) is 186 cm³/mol. The Hall–Kier alpha value is -5.58. The van der Waals surface area contributed by atoms with Crippen LogP contribution >= 0.6 is 11.3 Å². The molecule has 0 fully saturated rings. The number of nitrogens with zero attached hydrogens (tertiary/aromatic N) is 3. The highest BCUT2D eigenvalue weighted by molar-refractivity contribution is 7.25. The molecule has 0 spiro atoms. The molecule has 6 aromatic carbocycles. The van der Waals surface area contributed by atoms with E-state index in [1.54, 1.807) is 0 Å². The minimum atomic E-state index is 0.730. The van der Waals surface area contributed by atoms with Crippen molar-refractivity contribution in [1.29, 1.82) is 0 Å². The highest BCUT2D eigenvalue weighted by atomic mass is 32.1. The topological polar surface area (TPSA) is 30.7 Å². The van der Waals surface area contributed by atoms with E-state index in [9.17, 15) is 0 Å². The largest absolute Gasteiger partial charge is 0.309 e. The molecule has 0 aliphatic rings. The summed E-state index contributed by atoms with van der Waals surface area (Å²) in [6.07, 6.45) is 0. The van der Waals surface area contributed by atoms with Gasteiger partial charge in [0.1, 0.15) is 0 Å². The SMILES string of the molecule is c1ccc(-c2cc(-c3ccc4sc5cc(-n6c7ccccc7c7ccccc76)ccc5c4c3)nc(-c3ccccc3)n2)cc1. The smallest absolute Gasteiger partial charge is 0.160 e. The quantitative estimate of drug-likeness (QED) is 0.208. The van der Waals surface area contributed by atoms with Crippen molar-refractivity contribution in [2.24, 2.45) is 0 Å². The summed E-state index contributed by atoms with van der Waals surface area (Å²) in [5.41, 5.74) is 8.63. The second kappa shape index (κ2) is 10.0. The maximum absolute atomic E-state index is 5.07. The van der Waals surface area contributed by atoms with Gasteiger partial charge >= 0.3 is 0 Å². The van der Waals surface area contributed by atoms with E-state index in [1.165, 1.54) is 47.7 Å². The summed E-state index contributed by atoms with van der Waals surface area (Å²) < 4.78 is 4.93. The molecule has 0 aliphatic carbocycles. The van der Waals surface area contributed by atoms with Gasteiger partial charge in [0.25, 0.3) is 0 Å². The lowest BCUT2D eigenvalue weighted by Gasteiger charge is -2.10. The molecule has 4 heteroatoms. The molecule has 0 aliphatic heterocycles. The second-order valence-corrected chi connectivity index (χ2v) is 12.1. The first kappa shape index (κ1) is 25.0. The third-order valence-electron chi connectivity index (χ3n) is 8.42. The summed E-state index contributed by atoms with van der Waals surface area (Å²) in [7, 11) is 0. The standard InChI is InChI=1S/C40H25N3S/c1-3-11-26(12-4-1)34-25-35(42-40(41-34)27-13-5-2-6-14-27)28-19-22-38-33(23-28)32-21-20-29(24-39(32)44-38)43-36-17-9-7-15-30(36)31-16-8-10-18-37(31)43/h1-25H. The van der Waals surface area contributed by atoms with E-state index in [2.05, 4.69) is 132 Å². The summed E-state index contributed by atoms with van der Waals surface area (Å²) in [5, 5.41) is 5.06. The Morgan fingerprint density at radius 1 is 0.409 bits per heavy atom. The number of rotatable bonds is 4. The number of thiophene rings is 1. The molecule has 0 unspecified atom stereocenters. The molecule has 0 N–H and O–H groups in total. The first-order chi connectivity index (χ1) is 21.8. The van der Waals surface area contributed by atoms with Gasteiger partial charge in [0, 0.05) is 53.3 Å². The molecule has 9 aromatic rings. The lowest BCUT2D eigenvalue weighted by atomic mass is 10.0. The van der Waals surface area contributed by atoms with Crippen LogP contribution in [0.25, 0.3) is 81.6 Å². The normalized spacial score (nSPS) is 11.6. The van der Waals surface area contributed by atoms with E-state index in [4.69, 9.17) is 9.97 Å². The minimum absolute atomic E-state index is 0.730. The average molecular weight is 580 g/mol. The van der Waals surface area contributed by atoms with E-state index >= 15 is 0 Å². The molecule has 3 heterocycles. The van der Waals surface area contributed by atoms with E-state index < -0.39 is 0 Å². The average Bonchev–Trinajstić information content (AvgIpc) is 3.63. The van der Waals surface area contributed by atoms with Crippen LogP contribution in [0.1, 0.15) is 0 Å². The summed E-state index contributed by atoms with van der Waals surface area (Å²) in [6, 6.07) is 53.6. The summed E-state index contributed by atoms with van der Waals surface area (Å²) in [6.45, 7) is 0. The van der Waals surface area contributed by atoms with Gasteiger partial charge in [0.15, 0.2) is 5.82 Å². The van der Waals surface area contributed by atoms with Crippen molar-refractivity contribution >= 4 is 53.3 Å². The van der Waals surface area contributed by atoms with Crippen molar-refractivity contribution in [2.75, 3.05) is 0 Å². The molecular weight excluding hydrogens is 555 g/mol. The van der Waals surface area contributed by atoms with Gasteiger partial charge in [-0.3, -0.25) is 0 Å². The predicted octanol–water partition coefficient (Wildman–Crippen LogP) is 10.9. The van der Waals surface area contributed by atoms with E-state index in [-0.39, 0.29) is 0 Å². The molecule has 0 atom stereocenters. The van der Waals surface area contributed by atoms with Crippen molar-refractivity contribution in [3.05, 3.63) is 152 Å². The summed E-state index contributed by atoms with van der Waals surface area (Å²) in [5.74, 6) is 0.730. The van der Waals surface area contributed by atoms with Crippen LogP contribution in [-0.4, -0.2) is 14.5 Å². The van der Waals surface area contributed by atoms with Crippen LogP contribution in [0.15, 0.2) is 152 Å². The molecular formula is C40H25N3S. The number of aromatic nitrogens is 3. The van der Waals surface area contributed by atoms with E-state index in [0.29, 0.717) is 0 Å². The monoisotopic (exact) mass is 579 g/mol. The van der Waals surface area contributed by atoms with Gasteiger partial charge in [-0.1, -0.05) is 109 Å². The molecule has 0 amide bonds. The van der Waals surface area contributed by atoms with E-state index in [0.717, 1.165) is 33.9 Å². The van der Waals surface area contributed by atoms with Gasteiger partial charge in [-0.05, 0) is 42.5 Å². The van der Waals surface area contributed by atoms with Crippen LogP contribution in [0.3, 0.4) is 0 Å². The number of hydrogen-bond donors (Lipinski definition) is 0. The maximum Gasteiger partial charge on any atom is 0.160 e. The Labute approximate surface area is 258 Å². The number of benzene rings is 6. The zero-order valence-corrected chi connectivity index (χ0v) is 24.5. The fraction of sp³-hybridized carbons (Fsp3) is 0. The Morgan fingerprint density at radius 3 is 1.73 bits per heavy atom. The molecule has 206 valence electrons. The maximum atomic E-state index is 5.07.